The minimum atomic E-state index is -0.934. The Balaban J connectivity index is 2.26. The van der Waals surface area contributed by atoms with Crippen LogP contribution in [0.5, 0.6) is 0 Å². The quantitative estimate of drug-likeness (QED) is 0.764. The van der Waals surface area contributed by atoms with Gasteiger partial charge in [-0.2, -0.15) is 0 Å². The molecule has 0 spiro atoms. The molecule has 1 heterocycles. The molecule has 0 fully saturated rings. The molecule has 0 aliphatic rings. The predicted molar refractivity (Wildman–Crippen MR) is 51.0 cm³/mol. The molecule has 0 amide bonds. The Morgan fingerprint density at radius 2 is 2.50 bits per heavy atom. The smallest absolute Gasteiger partial charge is 0.332 e. The van der Waals surface area contributed by atoms with Gasteiger partial charge in [-0.15, -0.1) is 0 Å². The fraction of sp³-hybridized carbons (Fsp3) is 0.400. The number of aromatic nitrogens is 1. The number of carbonyl (C=O) groups is 1. The zero-order valence-electron chi connectivity index (χ0n) is 8.01. The van der Waals surface area contributed by atoms with Crippen LogP contribution in [-0.4, -0.2) is 28.8 Å². The van der Waals surface area contributed by atoms with Crippen molar-refractivity contribution >= 4 is 5.97 Å². The van der Waals surface area contributed by atoms with Crippen LogP contribution in [0, 0.1) is 0 Å². The molecule has 0 saturated carbocycles. The van der Waals surface area contributed by atoms with E-state index in [0.29, 0.717) is 13.0 Å². The summed E-state index contributed by atoms with van der Waals surface area (Å²) < 4.78 is 5.08. The molecule has 4 heteroatoms. The normalized spacial score (nSPS) is 12.4. The van der Waals surface area contributed by atoms with Crippen molar-refractivity contribution in [1.29, 1.82) is 0 Å². The first kappa shape index (κ1) is 10.7. The molecule has 76 valence electrons. The molecule has 1 N–H and O–H groups in total. The Labute approximate surface area is 82.5 Å². The van der Waals surface area contributed by atoms with Crippen molar-refractivity contribution in [3.05, 3.63) is 30.1 Å². The van der Waals surface area contributed by atoms with Crippen LogP contribution in [0.2, 0.25) is 0 Å². The van der Waals surface area contributed by atoms with E-state index in [9.17, 15) is 4.79 Å². The van der Waals surface area contributed by atoms with Crippen LogP contribution in [0.25, 0.3) is 0 Å². The Kier molecular flexibility index (Phi) is 4.07. The maximum absolute atomic E-state index is 10.4. The van der Waals surface area contributed by atoms with Crippen LogP contribution < -0.4 is 0 Å². The largest absolute Gasteiger partial charge is 0.479 e. The lowest BCUT2D eigenvalue weighted by atomic mass is 10.2. The molecule has 0 aliphatic carbocycles. The first-order chi connectivity index (χ1) is 6.70. The second-order valence-electron chi connectivity index (χ2n) is 2.96. The predicted octanol–water partition coefficient (Wildman–Crippen LogP) is 1.11. The highest BCUT2D eigenvalue weighted by atomic mass is 16.5. The van der Waals surface area contributed by atoms with E-state index in [2.05, 4.69) is 4.98 Å². The highest BCUT2D eigenvalue weighted by Crippen LogP contribution is 1.99. The molecule has 0 saturated heterocycles. The molecule has 0 radical (unpaired) electrons. The van der Waals surface area contributed by atoms with Gasteiger partial charge in [0.15, 0.2) is 6.10 Å². The number of pyridine rings is 1. The van der Waals surface area contributed by atoms with E-state index in [0.717, 1.165) is 5.56 Å². The van der Waals surface area contributed by atoms with Crippen molar-refractivity contribution < 1.29 is 14.6 Å². The van der Waals surface area contributed by atoms with Crippen molar-refractivity contribution in [3.8, 4) is 0 Å². The third-order valence-electron chi connectivity index (χ3n) is 1.83. The van der Waals surface area contributed by atoms with Gasteiger partial charge >= 0.3 is 5.97 Å². The van der Waals surface area contributed by atoms with Gasteiger partial charge in [0.1, 0.15) is 0 Å². The summed E-state index contributed by atoms with van der Waals surface area (Å²) in [5, 5.41) is 8.54. The summed E-state index contributed by atoms with van der Waals surface area (Å²) in [4.78, 5) is 14.3. The first-order valence-electron chi connectivity index (χ1n) is 4.43. The molecular weight excluding hydrogens is 182 g/mol. The molecule has 1 aromatic rings. The van der Waals surface area contributed by atoms with Crippen LogP contribution in [0.15, 0.2) is 24.5 Å². The van der Waals surface area contributed by atoms with E-state index in [1.807, 2.05) is 12.1 Å². The zero-order chi connectivity index (χ0) is 10.4. The summed E-state index contributed by atoms with van der Waals surface area (Å²) in [6, 6.07) is 3.78. The summed E-state index contributed by atoms with van der Waals surface area (Å²) >= 11 is 0. The van der Waals surface area contributed by atoms with Crippen LogP contribution in [0.3, 0.4) is 0 Å². The number of hydrogen-bond acceptors (Lipinski definition) is 3. The van der Waals surface area contributed by atoms with Gasteiger partial charge in [-0.25, -0.2) is 4.79 Å². The summed E-state index contributed by atoms with van der Waals surface area (Å²) in [7, 11) is 0. The van der Waals surface area contributed by atoms with Gasteiger partial charge in [0.2, 0.25) is 0 Å². The molecule has 1 rings (SSSR count). The molecule has 1 aromatic heterocycles. The van der Waals surface area contributed by atoms with Crippen molar-refractivity contribution in [2.45, 2.75) is 19.4 Å². The number of nitrogens with zero attached hydrogens (tertiary/aromatic N) is 1. The van der Waals surface area contributed by atoms with Gasteiger partial charge in [-0.1, -0.05) is 6.07 Å². The van der Waals surface area contributed by atoms with Gasteiger partial charge in [0.05, 0.1) is 6.61 Å². The van der Waals surface area contributed by atoms with Crippen LogP contribution in [0.1, 0.15) is 12.5 Å². The number of aliphatic carboxylic acids is 1. The van der Waals surface area contributed by atoms with E-state index in [1.165, 1.54) is 6.92 Å². The lowest BCUT2D eigenvalue weighted by Gasteiger charge is -2.07. The van der Waals surface area contributed by atoms with E-state index >= 15 is 0 Å². The van der Waals surface area contributed by atoms with Crippen LogP contribution in [-0.2, 0) is 16.0 Å². The Bertz CT molecular complexity index is 287. The molecule has 0 bridgehead atoms. The second-order valence-corrected chi connectivity index (χ2v) is 2.96. The van der Waals surface area contributed by atoms with Crippen LogP contribution >= 0.6 is 0 Å². The maximum atomic E-state index is 10.4. The highest BCUT2D eigenvalue weighted by Gasteiger charge is 2.09. The summed E-state index contributed by atoms with van der Waals surface area (Å²) in [6.07, 6.45) is 3.39. The third-order valence-corrected chi connectivity index (χ3v) is 1.83. The minimum absolute atomic E-state index is 0.402. The number of carboxylic acid groups (broad SMARTS) is 1. The molecule has 0 aliphatic heterocycles. The fourth-order valence-corrected chi connectivity index (χ4v) is 0.971. The molecule has 1 atom stereocenters. The second kappa shape index (κ2) is 5.34. The summed E-state index contributed by atoms with van der Waals surface area (Å²) in [5.41, 5.74) is 1.05. The fourth-order valence-electron chi connectivity index (χ4n) is 0.971. The van der Waals surface area contributed by atoms with Crippen LogP contribution in [0.4, 0.5) is 0 Å². The first-order valence-corrected chi connectivity index (χ1v) is 4.43. The molecular formula is C10H13NO3. The average molecular weight is 195 g/mol. The lowest BCUT2D eigenvalue weighted by Crippen LogP contribution is -2.20. The lowest BCUT2D eigenvalue weighted by molar-refractivity contribution is -0.149. The standard InChI is InChI=1S/C10H13NO3/c1-8(10(12)13)14-6-4-9-3-2-5-11-7-9/h2-3,5,7-8H,4,6H2,1H3,(H,12,13). The van der Waals surface area contributed by atoms with Crippen molar-refractivity contribution in [2.75, 3.05) is 6.61 Å². The average Bonchev–Trinajstić information content (AvgIpc) is 2.19. The monoisotopic (exact) mass is 195 g/mol. The number of hydrogen-bond donors (Lipinski definition) is 1. The number of rotatable bonds is 5. The van der Waals surface area contributed by atoms with Gasteiger partial charge in [0, 0.05) is 12.4 Å². The molecule has 0 aromatic carbocycles. The van der Waals surface area contributed by atoms with Gasteiger partial charge in [-0.05, 0) is 25.0 Å². The minimum Gasteiger partial charge on any atom is -0.479 e. The number of ether oxygens (including phenoxy) is 1. The Hall–Kier alpha value is -1.42. The van der Waals surface area contributed by atoms with Crippen molar-refractivity contribution in [3.63, 3.8) is 0 Å². The van der Waals surface area contributed by atoms with Gasteiger partial charge in [-0.3, -0.25) is 4.98 Å². The van der Waals surface area contributed by atoms with Crippen molar-refractivity contribution in [2.24, 2.45) is 0 Å². The number of carboxylic acids is 1. The summed E-state index contributed by atoms with van der Waals surface area (Å²) in [6.45, 7) is 1.92. The Morgan fingerprint density at radius 3 is 3.07 bits per heavy atom. The van der Waals surface area contributed by atoms with Crippen molar-refractivity contribution in [1.82, 2.24) is 4.98 Å². The highest BCUT2D eigenvalue weighted by molar-refractivity contribution is 5.71. The SMILES string of the molecule is CC(OCCc1cccnc1)C(=O)O. The topological polar surface area (TPSA) is 59.4 Å². The molecule has 14 heavy (non-hydrogen) atoms. The van der Waals surface area contributed by atoms with E-state index in [-0.39, 0.29) is 0 Å². The van der Waals surface area contributed by atoms with E-state index < -0.39 is 12.1 Å². The third kappa shape index (κ3) is 3.53. The molecule has 1 unspecified atom stereocenters. The van der Waals surface area contributed by atoms with E-state index in [4.69, 9.17) is 9.84 Å². The van der Waals surface area contributed by atoms with Gasteiger partial charge < -0.3 is 9.84 Å². The Morgan fingerprint density at radius 1 is 1.71 bits per heavy atom. The zero-order valence-corrected chi connectivity index (χ0v) is 8.01. The van der Waals surface area contributed by atoms with E-state index in [1.54, 1.807) is 12.4 Å². The maximum Gasteiger partial charge on any atom is 0.332 e. The molecule has 4 nitrogen and oxygen atoms in total. The van der Waals surface area contributed by atoms with Gasteiger partial charge in [0.25, 0.3) is 0 Å². The summed E-state index contributed by atoms with van der Waals surface area (Å²) in [5.74, 6) is -0.934.